The maximum atomic E-state index is 12.4. The Hall–Kier alpha value is -2.12. The molecule has 0 fully saturated rings. The molecule has 2 amide bonds. The number of aliphatic hydroxyl groups is 1. The fourth-order valence-electron chi connectivity index (χ4n) is 3.74. The highest BCUT2D eigenvalue weighted by molar-refractivity contribution is 5.78. The predicted molar refractivity (Wildman–Crippen MR) is 122 cm³/mol. The molecule has 31 heavy (non-hydrogen) atoms. The molecule has 0 radical (unpaired) electrons. The first-order valence-electron chi connectivity index (χ1n) is 11.6. The van der Waals surface area contributed by atoms with E-state index in [0.29, 0.717) is 52.2 Å². The normalized spacial score (nSPS) is 16.4. The molecule has 0 aromatic heterocycles. The third kappa shape index (κ3) is 8.50. The highest BCUT2D eigenvalue weighted by Gasteiger charge is 2.18. The van der Waals surface area contributed by atoms with E-state index in [2.05, 4.69) is 30.1 Å². The van der Waals surface area contributed by atoms with E-state index in [4.69, 9.17) is 9.84 Å². The Bertz CT molecular complexity index is 708. The van der Waals surface area contributed by atoms with Crippen LogP contribution in [0.15, 0.2) is 18.2 Å². The number of carbonyl (C=O) groups is 2. The summed E-state index contributed by atoms with van der Waals surface area (Å²) in [4.78, 5) is 28.6. The van der Waals surface area contributed by atoms with Gasteiger partial charge in [-0.1, -0.05) is 12.1 Å². The molecule has 1 aliphatic heterocycles. The number of hydrogen-bond acceptors (Lipinski definition) is 5. The van der Waals surface area contributed by atoms with Crippen molar-refractivity contribution in [3.63, 3.8) is 0 Å². The van der Waals surface area contributed by atoms with Crippen molar-refractivity contribution >= 4 is 11.8 Å². The van der Waals surface area contributed by atoms with E-state index in [9.17, 15) is 9.59 Å². The number of carbonyl (C=O) groups excluding carboxylic acids is 2. The Kier molecular flexibility index (Phi) is 10.8. The van der Waals surface area contributed by atoms with E-state index in [1.165, 1.54) is 0 Å². The molecule has 2 rings (SSSR count). The molecule has 0 unspecified atom stereocenters. The zero-order valence-corrected chi connectivity index (χ0v) is 19.4. The molecule has 2 N–H and O–H groups in total. The first-order valence-corrected chi connectivity index (χ1v) is 11.6. The van der Waals surface area contributed by atoms with Crippen LogP contribution in [0.25, 0.3) is 0 Å². The number of benzene rings is 1. The van der Waals surface area contributed by atoms with Crippen LogP contribution >= 0.6 is 0 Å². The molecule has 0 saturated heterocycles. The first kappa shape index (κ1) is 25.1. The summed E-state index contributed by atoms with van der Waals surface area (Å²) in [6, 6.07) is 6.35. The Morgan fingerprint density at radius 2 is 2.06 bits per heavy atom. The summed E-state index contributed by atoms with van der Waals surface area (Å²) in [7, 11) is 0. The van der Waals surface area contributed by atoms with E-state index in [0.717, 1.165) is 36.1 Å². The van der Waals surface area contributed by atoms with Crippen molar-refractivity contribution in [3.8, 4) is 5.75 Å². The summed E-state index contributed by atoms with van der Waals surface area (Å²) >= 11 is 0. The van der Waals surface area contributed by atoms with E-state index in [1.807, 2.05) is 19.1 Å². The number of likely N-dealkylation sites (N-methyl/N-ethyl adjacent to an activating group) is 1. The summed E-state index contributed by atoms with van der Waals surface area (Å²) < 4.78 is 6.09. The van der Waals surface area contributed by atoms with Gasteiger partial charge in [0.15, 0.2) is 0 Å². The van der Waals surface area contributed by atoms with Gasteiger partial charge in [-0.05, 0) is 58.1 Å². The number of fused-ring (bicyclic) bond motifs is 1. The monoisotopic (exact) mass is 433 g/mol. The van der Waals surface area contributed by atoms with E-state index < -0.39 is 0 Å². The van der Waals surface area contributed by atoms with Gasteiger partial charge in [0.2, 0.25) is 11.8 Å². The molecular weight excluding hydrogens is 394 g/mol. The minimum Gasteiger partial charge on any atom is -0.493 e. The van der Waals surface area contributed by atoms with Crippen LogP contribution in [0.1, 0.15) is 57.6 Å². The summed E-state index contributed by atoms with van der Waals surface area (Å²) in [5.41, 5.74) is 2.13. The van der Waals surface area contributed by atoms with Crippen LogP contribution < -0.4 is 10.1 Å². The van der Waals surface area contributed by atoms with E-state index >= 15 is 0 Å². The van der Waals surface area contributed by atoms with Crippen LogP contribution in [-0.2, 0) is 22.6 Å². The van der Waals surface area contributed by atoms with Crippen molar-refractivity contribution in [2.45, 2.75) is 65.5 Å². The summed E-state index contributed by atoms with van der Waals surface area (Å²) in [6.45, 7) is 9.40. The number of rotatable bonds is 7. The Morgan fingerprint density at radius 1 is 1.26 bits per heavy atom. The summed E-state index contributed by atoms with van der Waals surface area (Å²) in [6.07, 6.45) is 3.98. The maximum absolute atomic E-state index is 12.4. The number of hydrogen-bond donors (Lipinski definition) is 2. The van der Waals surface area contributed by atoms with Gasteiger partial charge in [-0.3, -0.25) is 14.5 Å². The lowest BCUT2D eigenvalue weighted by atomic mass is 10.0. The Balaban J connectivity index is 2.17. The molecule has 0 bridgehead atoms. The van der Waals surface area contributed by atoms with Gasteiger partial charge in [0, 0.05) is 44.2 Å². The molecule has 1 aliphatic rings. The standard InChI is InChI=1S/C24H39N3O4/c1-4-26(13-14-28)24(30)11-9-20-8-10-22-21(16-20)17-27(19(2)3)18-23(29)25-12-6-5-7-15-31-22/h8,10,16,19,28H,4-7,9,11-15,17-18H2,1-3H3,(H,25,29). The van der Waals surface area contributed by atoms with E-state index in [1.54, 1.807) is 4.90 Å². The van der Waals surface area contributed by atoms with Crippen molar-refractivity contribution < 1.29 is 19.4 Å². The van der Waals surface area contributed by atoms with Crippen LogP contribution in [0.4, 0.5) is 0 Å². The first-order chi connectivity index (χ1) is 14.9. The molecule has 0 spiro atoms. The number of aryl methyl sites for hydroxylation is 1. The average Bonchev–Trinajstić information content (AvgIpc) is 2.76. The third-order valence-electron chi connectivity index (χ3n) is 5.71. The minimum absolute atomic E-state index is 0.0195. The summed E-state index contributed by atoms with van der Waals surface area (Å²) in [5.74, 6) is 0.967. The molecule has 7 heteroatoms. The van der Waals surface area contributed by atoms with Crippen molar-refractivity contribution in [2.75, 3.05) is 39.4 Å². The van der Waals surface area contributed by atoms with Crippen LogP contribution in [0, 0.1) is 0 Å². The number of nitrogens with one attached hydrogen (secondary N) is 1. The quantitative estimate of drug-likeness (QED) is 0.690. The molecule has 1 aromatic rings. The minimum atomic E-state index is -0.0195. The topological polar surface area (TPSA) is 82.1 Å². The molecule has 174 valence electrons. The van der Waals surface area contributed by atoms with Crippen LogP contribution in [0.2, 0.25) is 0 Å². The van der Waals surface area contributed by atoms with Crippen molar-refractivity contribution in [3.05, 3.63) is 29.3 Å². The van der Waals surface area contributed by atoms with Gasteiger partial charge >= 0.3 is 0 Å². The van der Waals surface area contributed by atoms with Gasteiger partial charge in [-0.25, -0.2) is 0 Å². The second-order valence-corrected chi connectivity index (χ2v) is 8.40. The molecule has 1 heterocycles. The summed E-state index contributed by atoms with van der Waals surface area (Å²) in [5, 5.41) is 12.1. The van der Waals surface area contributed by atoms with Gasteiger partial charge in [0.05, 0.1) is 19.8 Å². The Labute approximate surface area is 186 Å². The lowest BCUT2D eigenvalue weighted by molar-refractivity contribution is -0.131. The number of nitrogens with zero attached hydrogens (tertiary/aromatic N) is 2. The number of ether oxygens (including phenoxy) is 1. The van der Waals surface area contributed by atoms with Crippen LogP contribution in [0.3, 0.4) is 0 Å². The zero-order valence-electron chi connectivity index (χ0n) is 19.4. The van der Waals surface area contributed by atoms with Gasteiger partial charge in [-0.15, -0.1) is 0 Å². The largest absolute Gasteiger partial charge is 0.493 e. The second kappa shape index (κ2) is 13.3. The fraction of sp³-hybridized carbons (Fsp3) is 0.667. The van der Waals surface area contributed by atoms with Gasteiger partial charge in [0.25, 0.3) is 0 Å². The highest BCUT2D eigenvalue weighted by Crippen LogP contribution is 2.24. The smallest absolute Gasteiger partial charge is 0.234 e. The van der Waals surface area contributed by atoms with Gasteiger partial charge in [-0.2, -0.15) is 0 Å². The molecule has 0 atom stereocenters. The SMILES string of the molecule is CCN(CCO)C(=O)CCc1ccc2c(c1)CN(C(C)C)CC(=O)NCCCCCO2. The number of amides is 2. The van der Waals surface area contributed by atoms with Crippen molar-refractivity contribution in [2.24, 2.45) is 0 Å². The van der Waals surface area contributed by atoms with Crippen molar-refractivity contribution in [1.29, 1.82) is 0 Å². The third-order valence-corrected chi connectivity index (χ3v) is 5.71. The highest BCUT2D eigenvalue weighted by atomic mass is 16.5. The number of aliphatic hydroxyl groups excluding tert-OH is 1. The zero-order chi connectivity index (χ0) is 22.6. The predicted octanol–water partition coefficient (Wildman–Crippen LogP) is 2.35. The van der Waals surface area contributed by atoms with Gasteiger partial charge < -0.3 is 20.1 Å². The average molecular weight is 434 g/mol. The van der Waals surface area contributed by atoms with Gasteiger partial charge in [0.1, 0.15) is 5.75 Å². The van der Waals surface area contributed by atoms with E-state index in [-0.39, 0.29) is 24.5 Å². The molecular formula is C24H39N3O4. The second-order valence-electron chi connectivity index (χ2n) is 8.40. The Morgan fingerprint density at radius 3 is 2.77 bits per heavy atom. The molecule has 7 nitrogen and oxygen atoms in total. The van der Waals surface area contributed by atoms with Crippen LogP contribution in [0.5, 0.6) is 5.75 Å². The lowest BCUT2D eigenvalue weighted by Gasteiger charge is -2.27. The molecule has 0 saturated carbocycles. The maximum Gasteiger partial charge on any atom is 0.234 e. The van der Waals surface area contributed by atoms with Crippen molar-refractivity contribution in [1.82, 2.24) is 15.1 Å². The fourth-order valence-corrected chi connectivity index (χ4v) is 3.74. The molecule has 1 aromatic carbocycles. The lowest BCUT2D eigenvalue weighted by Crippen LogP contribution is -2.40. The van der Waals surface area contributed by atoms with Crippen LogP contribution in [-0.4, -0.2) is 72.2 Å². The molecule has 0 aliphatic carbocycles.